The molecule has 122 valence electrons. The summed E-state index contributed by atoms with van der Waals surface area (Å²) in [7, 11) is 0. The van der Waals surface area contributed by atoms with Gasteiger partial charge in [0.1, 0.15) is 5.82 Å². The van der Waals surface area contributed by atoms with Gasteiger partial charge in [-0.25, -0.2) is 9.37 Å². The Balaban J connectivity index is 1.58. The standard InChI is InChI=1S/C17H14FN3O2S/c1-8-2-3-24-15(8)9-4-10(9)17(23)21-14-5-11-13(6-12(14)18)19-7-20-16(11)22/h2-3,5-7,9-10H,4H2,1H3,(H,21,23)(H,19,20,22)/t9-,10+/m0/s1. The number of aromatic amines is 1. The summed E-state index contributed by atoms with van der Waals surface area (Å²) < 4.78 is 14.2. The summed E-state index contributed by atoms with van der Waals surface area (Å²) in [6.45, 7) is 2.03. The van der Waals surface area contributed by atoms with Crippen LogP contribution in [0.25, 0.3) is 10.9 Å². The van der Waals surface area contributed by atoms with Gasteiger partial charge in [-0.3, -0.25) is 9.59 Å². The molecule has 24 heavy (non-hydrogen) atoms. The third-order valence-electron chi connectivity index (χ3n) is 4.35. The molecule has 1 aliphatic rings. The number of hydrogen-bond acceptors (Lipinski definition) is 4. The highest BCUT2D eigenvalue weighted by Gasteiger charge is 2.45. The first-order chi connectivity index (χ1) is 11.5. The molecule has 1 amide bonds. The molecule has 1 saturated carbocycles. The molecule has 2 N–H and O–H groups in total. The molecular weight excluding hydrogens is 329 g/mol. The third kappa shape index (κ3) is 2.50. The Morgan fingerprint density at radius 2 is 2.29 bits per heavy atom. The molecule has 0 radical (unpaired) electrons. The van der Waals surface area contributed by atoms with Gasteiger partial charge in [0.2, 0.25) is 5.91 Å². The second-order valence-corrected chi connectivity index (χ2v) is 6.93. The number of H-pyrrole nitrogens is 1. The zero-order chi connectivity index (χ0) is 16.8. The molecule has 2 heterocycles. The molecule has 0 spiro atoms. The number of rotatable bonds is 3. The van der Waals surface area contributed by atoms with E-state index in [9.17, 15) is 14.0 Å². The van der Waals surface area contributed by atoms with Gasteiger partial charge in [0.05, 0.1) is 22.9 Å². The van der Waals surface area contributed by atoms with Gasteiger partial charge >= 0.3 is 0 Å². The molecule has 5 nitrogen and oxygen atoms in total. The molecule has 1 fully saturated rings. The first kappa shape index (κ1) is 15.0. The van der Waals surface area contributed by atoms with E-state index in [0.717, 1.165) is 12.5 Å². The maximum Gasteiger partial charge on any atom is 0.258 e. The van der Waals surface area contributed by atoms with Gasteiger partial charge in [0, 0.05) is 22.8 Å². The van der Waals surface area contributed by atoms with Crippen molar-refractivity contribution in [1.82, 2.24) is 9.97 Å². The van der Waals surface area contributed by atoms with E-state index >= 15 is 0 Å². The molecule has 2 aromatic heterocycles. The molecular formula is C17H14FN3O2S. The summed E-state index contributed by atoms with van der Waals surface area (Å²) >= 11 is 1.65. The highest BCUT2D eigenvalue weighted by molar-refractivity contribution is 7.10. The fraction of sp³-hybridized carbons (Fsp3) is 0.235. The lowest BCUT2D eigenvalue weighted by molar-refractivity contribution is -0.117. The normalized spacial score (nSPS) is 19.4. The number of aromatic nitrogens is 2. The number of nitrogens with zero attached hydrogens (tertiary/aromatic N) is 1. The molecule has 0 aliphatic heterocycles. The Kier molecular flexibility index (Phi) is 3.45. The van der Waals surface area contributed by atoms with Gasteiger partial charge in [0.15, 0.2) is 0 Å². The molecule has 0 saturated heterocycles. The average molecular weight is 343 g/mol. The second kappa shape index (κ2) is 5.52. The fourth-order valence-electron chi connectivity index (χ4n) is 2.95. The van der Waals surface area contributed by atoms with Crippen molar-refractivity contribution in [2.45, 2.75) is 19.3 Å². The van der Waals surface area contributed by atoms with Crippen LogP contribution in [0.4, 0.5) is 10.1 Å². The van der Waals surface area contributed by atoms with Crippen molar-refractivity contribution in [2.24, 2.45) is 5.92 Å². The van der Waals surface area contributed by atoms with Gasteiger partial charge in [-0.1, -0.05) is 0 Å². The molecule has 0 bridgehead atoms. The van der Waals surface area contributed by atoms with Crippen LogP contribution in [0, 0.1) is 18.7 Å². The maximum absolute atomic E-state index is 14.2. The Morgan fingerprint density at radius 1 is 1.46 bits per heavy atom. The smallest absolute Gasteiger partial charge is 0.258 e. The van der Waals surface area contributed by atoms with Crippen LogP contribution in [-0.4, -0.2) is 15.9 Å². The Bertz CT molecular complexity index is 1010. The van der Waals surface area contributed by atoms with Crippen LogP contribution in [0.3, 0.4) is 0 Å². The molecule has 2 atom stereocenters. The topological polar surface area (TPSA) is 74.8 Å². The van der Waals surface area contributed by atoms with Crippen LogP contribution in [0.2, 0.25) is 0 Å². The number of fused-ring (bicyclic) bond motifs is 1. The Morgan fingerprint density at radius 3 is 3.04 bits per heavy atom. The predicted molar refractivity (Wildman–Crippen MR) is 90.9 cm³/mol. The second-order valence-electron chi connectivity index (χ2n) is 5.99. The van der Waals surface area contributed by atoms with Crippen molar-refractivity contribution in [3.63, 3.8) is 0 Å². The van der Waals surface area contributed by atoms with E-state index in [2.05, 4.69) is 15.3 Å². The van der Waals surface area contributed by atoms with E-state index in [1.54, 1.807) is 11.3 Å². The number of thiophene rings is 1. The number of anilines is 1. The minimum Gasteiger partial charge on any atom is -0.323 e. The first-order valence-electron chi connectivity index (χ1n) is 7.56. The van der Waals surface area contributed by atoms with E-state index < -0.39 is 5.82 Å². The minimum atomic E-state index is -0.599. The monoisotopic (exact) mass is 343 g/mol. The molecule has 0 unspecified atom stereocenters. The molecule has 4 rings (SSSR count). The Labute approximate surface area is 140 Å². The summed E-state index contributed by atoms with van der Waals surface area (Å²) in [6.07, 6.45) is 1.99. The van der Waals surface area contributed by atoms with Crippen LogP contribution < -0.4 is 10.9 Å². The first-order valence-corrected chi connectivity index (χ1v) is 8.44. The number of amides is 1. The Hall–Kier alpha value is -2.54. The van der Waals surface area contributed by atoms with Crippen molar-refractivity contribution < 1.29 is 9.18 Å². The quantitative estimate of drug-likeness (QED) is 0.767. The van der Waals surface area contributed by atoms with Gasteiger partial charge < -0.3 is 10.3 Å². The zero-order valence-corrected chi connectivity index (χ0v) is 13.6. The van der Waals surface area contributed by atoms with Gasteiger partial charge in [-0.15, -0.1) is 11.3 Å². The summed E-state index contributed by atoms with van der Waals surface area (Å²) in [5.74, 6) is -0.756. The molecule has 1 aliphatic carbocycles. The predicted octanol–water partition coefficient (Wildman–Crippen LogP) is 3.17. The lowest BCUT2D eigenvalue weighted by Crippen LogP contribution is -2.16. The summed E-state index contributed by atoms with van der Waals surface area (Å²) in [6, 6.07) is 4.53. The number of carbonyl (C=O) groups is 1. The largest absolute Gasteiger partial charge is 0.323 e. The van der Waals surface area contributed by atoms with Crippen LogP contribution in [0.15, 0.2) is 34.7 Å². The van der Waals surface area contributed by atoms with Crippen molar-refractivity contribution in [3.05, 3.63) is 56.5 Å². The number of benzene rings is 1. The van der Waals surface area contributed by atoms with Crippen LogP contribution >= 0.6 is 11.3 Å². The molecule has 7 heteroatoms. The number of hydrogen-bond donors (Lipinski definition) is 2. The van der Waals surface area contributed by atoms with Crippen molar-refractivity contribution in [2.75, 3.05) is 5.32 Å². The van der Waals surface area contributed by atoms with Gasteiger partial charge in [0.25, 0.3) is 5.56 Å². The van der Waals surface area contributed by atoms with Gasteiger partial charge in [-0.2, -0.15) is 0 Å². The summed E-state index contributed by atoms with van der Waals surface area (Å²) in [4.78, 5) is 31.8. The van der Waals surface area contributed by atoms with Crippen LogP contribution in [0.5, 0.6) is 0 Å². The van der Waals surface area contributed by atoms with Crippen molar-refractivity contribution in [3.8, 4) is 0 Å². The van der Waals surface area contributed by atoms with Gasteiger partial charge in [-0.05, 0) is 36.4 Å². The van der Waals surface area contributed by atoms with Crippen molar-refractivity contribution in [1.29, 1.82) is 0 Å². The van der Waals surface area contributed by atoms with Crippen molar-refractivity contribution >= 4 is 33.8 Å². The number of carbonyl (C=O) groups excluding carboxylic acids is 1. The van der Waals surface area contributed by atoms with E-state index in [0.29, 0.717) is 0 Å². The average Bonchev–Trinajstić information content (AvgIpc) is 3.23. The minimum absolute atomic E-state index is 0.0135. The summed E-state index contributed by atoms with van der Waals surface area (Å²) in [5.41, 5.74) is 1.09. The zero-order valence-electron chi connectivity index (χ0n) is 12.8. The lowest BCUT2D eigenvalue weighted by Gasteiger charge is -2.07. The highest BCUT2D eigenvalue weighted by atomic mass is 32.1. The number of aryl methyl sites for hydroxylation is 1. The van der Waals surface area contributed by atoms with E-state index in [4.69, 9.17) is 0 Å². The highest BCUT2D eigenvalue weighted by Crippen LogP contribution is 2.50. The van der Waals surface area contributed by atoms with Crippen LogP contribution in [0.1, 0.15) is 22.8 Å². The molecule has 1 aromatic carbocycles. The summed E-state index contributed by atoms with van der Waals surface area (Å²) in [5, 5.41) is 4.87. The molecule has 3 aromatic rings. The number of halogens is 1. The van der Waals surface area contributed by atoms with E-state index in [1.807, 2.05) is 18.4 Å². The van der Waals surface area contributed by atoms with Crippen LogP contribution in [-0.2, 0) is 4.79 Å². The third-order valence-corrected chi connectivity index (χ3v) is 5.50. The lowest BCUT2D eigenvalue weighted by atomic mass is 10.1. The van der Waals surface area contributed by atoms with E-state index in [1.165, 1.54) is 22.8 Å². The SMILES string of the molecule is Cc1ccsc1[C@H]1C[C@H]1C(=O)Nc1cc2c(=O)[nH]cnc2cc1F. The number of nitrogens with one attached hydrogen (secondary N) is 2. The van der Waals surface area contributed by atoms with E-state index in [-0.39, 0.29) is 39.9 Å². The fourth-order valence-corrected chi connectivity index (χ4v) is 4.06. The maximum atomic E-state index is 14.2.